The Hall–Kier alpha value is -1.13. The average Bonchev–Trinajstić information content (AvgIpc) is 2.96. The van der Waals surface area contributed by atoms with Gasteiger partial charge in [-0.1, -0.05) is 18.9 Å². The normalized spacial score (nSPS) is 28.4. The highest BCUT2D eigenvalue weighted by atomic mass is 35.5. The monoisotopic (exact) mass is 383 g/mol. The lowest BCUT2D eigenvalue weighted by molar-refractivity contribution is -0.126. The predicted molar refractivity (Wildman–Crippen MR) is 97.7 cm³/mol. The molecule has 1 amide bonds. The van der Waals surface area contributed by atoms with Crippen LogP contribution >= 0.6 is 23.2 Å². The van der Waals surface area contributed by atoms with E-state index in [1.54, 1.807) is 0 Å². The van der Waals surface area contributed by atoms with Gasteiger partial charge in [0.25, 0.3) is 0 Å². The quantitative estimate of drug-likeness (QED) is 0.800. The number of hydrogen-bond acceptors (Lipinski definition) is 3. The second-order valence-corrected chi connectivity index (χ2v) is 9.23. The molecule has 0 spiro atoms. The first kappa shape index (κ1) is 17.3. The predicted octanol–water partition coefficient (Wildman–Crippen LogP) is 3.97. The second kappa shape index (κ2) is 5.95. The minimum absolute atomic E-state index is 0.0543. The van der Waals surface area contributed by atoms with Gasteiger partial charge in [0.2, 0.25) is 5.91 Å². The molecule has 1 unspecified atom stereocenters. The molecule has 0 aromatic heterocycles. The maximum Gasteiger partial charge on any atom is 0.229 e. The fraction of sp³-hybridized carbons (Fsp3) is 0.632. The number of rotatable bonds is 4. The number of carbonyl (C=O) groups excluding carboxylic acids is 1. The molecule has 1 aromatic carbocycles. The van der Waals surface area contributed by atoms with Crippen LogP contribution in [0.15, 0.2) is 18.2 Å². The van der Waals surface area contributed by atoms with Crippen molar-refractivity contribution in [1.82, 2.24) is 5.32 Å². The highest BCUT2D eigenvalue weighted by molar-refractivity contribution is 6.53. The largest absolute Gasteiger partial charge is 0.486 e. The molecule has 3 aliphatic rings. The van der Waals surface area contributed by atoms with E-state index in [1.165, 1.54) is 5.56 Å². The number of ether oxygens (including phenoxy) is 2. The van der Waals surface area contributed by atoms with E-state index in [1.807, 2.05) is 13.0 Å². The summed E-state index contributed by atoms with van der Waals surface area (Å²) in [6, 6.07) is 6.17. The summed E-state index contributed by atoms with van der Waals surface area (Å²) in [6.07, 6.45) is 4.94. The molecule has 2 aliphatic carbocycles. The van der Waals surface area contributed by atoms with Gasteiger partial charge in [0.15, 0.2) is 11.5 Å². The molecule has 25 heavy (non-hydrogen) atoms. The van der Waals surface area contributed by atoms with Gasteiger partial charge >= 0.3 is 0 Å². The van der Waals surface area contributed by atoms with E-state index in [0.29, 0.717) is 26.2 Å². The van der Waals surface area contributed by atoms with E-state index in [4.69, 9.17) is 32.7 Å². The average molecular weight is 384 g/mol. The molecule has 1 heterocycles. The van der Waals surface area contributed by atoms with Gasteiger partial charge < -0.3 is 14.8 Å². The van der Waals surface area contributed by atoms with Crippen molar-refractivity contribution < 1.29 is 14.3 Å². The zero-order valence-corrected chi connectivity index (χ0v) is 15.9. The zero-order valence-electron chi connectivity index (χ0n) is 14.4. The summed E-state index contributed by atoms with van der Waals surface area (Å²) in [4.78, 5) is 12.6. The molecule has 1 N–H and O–H groups in total. The smallest absolute Gasteiger partial charge is 0.229 e. The van der Waals surface area contributed by atoms with Crippen LogP contribution in [0.4, 0.5) is 0 Å². The highest BCUT2D eigenvalue weighted by Gasteiger charge is 2.67. The first-order chi connectivity index (χ1) is 11.9. The Kier molecular flexibility index (Phi) is 4.12. The lowest BCUT2D eigenvalue weighted by atomic mass is 9.78. The molecule has 1 atom stereocenters. The van der Waals surface area contributed by atoms with Crippen LogP contribution in [0.5, 0.6) is 11.5 Å². The lowest BCUT2D eigenvalue weighted by Gasteiger charge is -2.32. The van der Waals surface area contributed by atoms with Gasteiger partial charge in [0, 0.05) is 12.0 Å². The summed E-state index contributed by atoms with van der Waals surface area (Å²) in [5.41, 5.74) is 0.472. The van der Waals surface area contributed by atoms with Gasteiger partial charge in [-0.2, -0.15) is 0 Å². The summed E-state index contributed by atoms with van der Waals surface area (Å²) in [5.74, 6) is 1.55. The minimum atomic E-state index is -0.934. The van der Waals surface area contributed by atoms with E-state index >= 15 is 0 Å². The Morgan fingerprint density at radius 1 is 1.16 bits per heavy atom. The van der Waals surface area contributed by atoms with Crippen LogP contribution in [-0.2, 0) is 10.2 Å². The van der Waals surface area contributed by atoms with E-state index in [9.17, 15) is 4.79 Å². The third-order valence-electron chi connectivity index (χ3n) is 6.06. The van der Waals surface area contributed by atoms with Crippen molar-refractivity contribution in [3.05, 3.63) is 23.8 Å². The van der Waals surface area contributed by atoms with Gasteiger partial charge in [-0.25, -0.2) is 0 Å². The Morgan fingerprint density at radius 2 is 1.80 bits per heavy atom. The standard InChI is InChI=1S/C19H23Cl2NO3/c1-17(11-19(17,20)21)16(23)22-12-18(6-2-3-7-18)13-4-5-14-15(10-13)25-9-8-24-14/h4-5,10H,2-3,6-9,11-12H2,1H3,(H,22,23). The summed E-state index contributed by atoms with van der Waals surface area (Å²) in [7, 11) is 0. The Labute approximate surface area is 158 Å². The molecule has 2 saturated carbocycles. The van der Waals surface area contributed by atoms with Crippen molar-refractivity contribution in [3.8, 4) is 11.5 Å². The van der Waals surface area contributed by atoms with Crippen LogP contribution in [0.3, 0.4) is 0 Å². The molecule has 4 nitrogen and oxygen atoms in total. The number of halogens is 2. The molecule has 6 heteroatoms. The van der Waals surface area contributed by atoms with Crippen molar-refractivity contribution in [3.63, 3.8) is 0 Å². The number of alkyl halides is 2. The molecule has 0 radical (unpaired) electrons. The molecule has 136 valence electrons. The Bertz CT molecular complexity index is 700. The summed E-state index contributed by atoms with van der Waals surface area (Å²) < 4.78 is 10.4. The molecule has 2 fully saturated rings. The highest BCUT2D eigenvalue weighted by Crippen LogP contribution is 2.63. The van der Waals surface area contributed by atoms with Gasteiger partial charge in [-0.15, -0.1) is 23.2 Å². The number of carbonyl (C=O) groups is 1. The number of fused-ring (bicyclic) bond motifs is 1. The fourth-order valence-electron chi connectivity index (χ4n) is 4.08. The topological polar surface area (TPSA) is 47.6 Å². The molecule has 0 saturated heterocycles. The van der Waals surface area contributed by atoms with E-state index < -0.39 is 9.75 Å². The van der Waals surface area contributed by atoms with Crippen molar-refractivity contribution in [2.24, 2.45) is 5.41 Å². The summed E-state index contributed by atoms with van der Waals surface area (Å²) >= 11 is 12.3. The molecule has 1 aliphatic heterocycles. The number of nitrogens with one attached hydrogen (secondary N) is 1. The SMILES string of the molecule is CC1(C(=O)NCC2(c3ccc4c(c3)OCCO4)CCCC2)CC1(Cl)Cl. The van der Waals surface area contributed by atoms with Crippen LogP contribution in [0.2, 0.25) is 0 Å². The van der Waals surface area contributed by atoms with Gasteiger partial charge in [-0.3, -0.25) is 4.79 Å². The zero-order chi connectivity index (χ0) is 17.7. The van der Waals surface area contributed by atoms with Crippen molar-refractivity contribution >= 4 is 29.1 Å². The van der Waals surface area contributed by atoms with E-state index in [0.717, 1.165) is 37.2 Å². The van der Waals surface area contributed by atoms with Crippen molar-refractivity contribution in [2.45, 2.75) is 48.8 Å². The Morgan fingerprint density at radius 3 is 2.44 bits per heavy atom. The van der Waals surface area contributed by atoms with Crippen molar-refractivity contribution in [1.29, 1.82) is 0 Å². The third-order valence-corrected chi connectivity index (χ3v) is 7.16. The molecular weight excluding hydrogens is 361 g/mol. The molecular formula is C19H23Cl2NO3. The van der Waals surface area contributed by atoms with E-state index in [2.05, 4.69) is 17.4 Å². The van der Waals surface area contributed by atoms with Crippen LogP contribution in [0, 0.1) is 5.41 Å². The van der Waals surface area contributed by atoms with Crippen molar-refractivity contribution in [2.75, 3.05) is 19.8 Å². The number of amides is 1. The summed E-state index contributed by atoms with van der Waals surface area (Å²) in [6.45, 7) is 3.59. The van der Waals surface area contributed by atoms with Gasteiger partial charge in [-0.05, 0) is 43.9 Å². The van der Waals surface area contributed by atoms with Crippen LogP contribution < -0.4 is 14.8 Å². The number of hydrogen-bond donors (Lipinski definition) is 1. The van der Waals surface area contributed by atoms with Crippen LogP contribution in [0.25, 0.3) is 0 Å². The second-order valence-electron chi connectivity index (χ2n) is 7.74. The molecule has 0 bridgehead atoms. The van der Waals surface area contributed by atoms with Crippen LogP contribution in [0.1, 0.15) is 44.6 Å². The van der Waals surface area contributed by atoms with Crippen LogP contribution in [-0.4, -0.2) is 30.0 Å². The van der Waals surface area contributed by atoms with Gasteiger partial charge in [0.05, 0.1) is 5.41 Å². The van der Waals surface area contributed by atoms with E-state index in [-0.39, 0.29) is 11.3 Å². The lowest BCUT2D eigenvalue weighted by Crippen LogP contribution is -2.42. The first-order valence-corrected chi connectivity index (χ1v) is 9.68. The fourth-order valence-corrected chi connectivity index (χ4v) is 4.79. The minimum Gasteiger partial charge on any atom is -0.486 e. The maximum absolute atomic E-state index is 12.6. The third kappa shape index (κ3) is 2.87. The molecule has 1 aromatic rings. The Balaban J connectivity index is 1.53. The van der Waals surface area contributed by atoms with Gasteiger partial charge in [0.1, 0.15) is 17.5 Å². The summed E-state index contributed by atoms with van der Waals surface area (Å²) in [5, 5.41) is 3.12. The first-order valence-electron chi connectivity index (χ1n) is 8.93. The number of benzene rings is 1. The maximum atomic E-state index is 12.6. The molecule has 4 rings (SSSR count).